The van der Waals surface area contributed by atoms with Crippen molar-refractivity contribution in [3.8, 4) is 0 Å². The molecule has 0 aromatic carbocycles. The minimum atomic E-state index is -1.14. The molecule has 0 radical (unpaired) electrons. The van der Waals surface area contributed by atoms with Crippen LogP contribution in [0.5, 0.6) is 0 Å². The summed E-state index contributed by atoms with van der Waals surface area (Å²) in [6.07, 6.45) is -1.07. The maximum Gasteiger partial charge on any atom is 0.534 e. The molecule has 8 nitrogen and oxygen atoms in total. The van der Waals surface area contributed by atoms with Crippen molar-refractivity contribution in [3.05, 3.63) is 0 Å². The predicted molar refractivity (Wildman–Crippen MR) is 51.4 cm³/mol. The van der Waals surface area contributed by atoms with E-state index in [0.717, 1.165) is 0 Å². The Morgan fingerprint density at radius 3 is 2.41 bits per heavy atom. The maximum absolute atomic E-state index is 11.1. The van der Waals surface area contributed by atoms with Crippen molar-refractivity contribution in [1.29, 1.82) is 0 Å². The predicted octanol–water partition coefficient (Wildman–Crippen LogP) is -0.788. The number of nitrogens with zero attached hydrogens (tertiary/aromatic N) is 1. The minimum absolute atomic E-state index is 0.0335. The van der Waals surface area contributed by atoms with Gasteiger partial charge in [0.1, 0.15) is 6.61 Å². The van der Waals surface area contributed by atoms with Gasteiger partial charge in [-0.15, -0.1) is 0 Å². The van der Waals surface area contributed by atoms with Crippen LogP contribution in [0.3, 0.4) is 0 Å². The first-order chi connectivity index (χ1) is 8.15. The summed E-state index contributed by atoms with van der Waals surface area (Å²) >= 11 is 0. The molecule has 1 aliphatic rings. The van der Waals surface area contributed by atoms with Gasteiger partial charge < -0.3 is 14.6 Å². The highest BCUT2D eigenvalue weighted by molar-refractivity contribution is 6.01. The van der Waals surface area contributed by atoms with E-state index in [0.29, 0.717) is 5.06 Å². The Balaban J connectivity index is 2.16. The van der Waals surface area contributed by atoms with Crippen LogP contribution in [0.15, 0.2) is 0 Å². The third-order valence-corrected chi connectivity index (χ3v) is 1.85. The Morgan fingerprint density at radius 1 is 1.18 bits per heavy atom. The van der Waals surface area contributed by atoms with E-state index < -0.39 is 18.0 Å². The second-order valence-electron chi connectivity index (χ2n) is 3.11. The van der Waals surface area contributed by atoms with Crippen molar-refractivity contribution in [2.45, 2.75) is 12.8 Å². The first-order valence-corrected chi connectivity index (χ1v) is 5.04. The molecule has 1 heterocycles. The van der Waals surface area contributed by atoms with Gasteiger partial charge in [-0.05, 0) is 0 Å². The average Bonchev–Trinajstić information content (AvgIpc) is 2.60. The number of hydrogen-bond acceptors (Lipinski definition) is 7. The summed E-state index contributed by atoms with van der Waals surface area (Å²) in [5, 5.41) is 8.78. The summed E-state index contributed by atoms with van der Waals surface area (Å²) in [5.74, 6) is -1.13. The second-order valence-corrected chi connectivity index (χ2v) is 3.11. The number of aliphatic hydroxyl groups is 1. The quantitative estimate of drug-likeness (QED) is 0.373. The molecule has 0 aromatic heterocycles. The standard InChI is InChI=1S/C9H13NO7/c11-3-4-15-5-6-16-9(14)17-10-7(12)1-2-8(10)13/h11H,1-6H2. The molecular weight excluding hydrogens is 234 g/mol. The molecule has 0 atom stereocenters. The number of rotatable bonds is 6. The number of ether oxygens (including phenoxy) is 2. The molecule has 1 aliphatic heterocycles. The summed E-state index contributed by atoms with van der Waals surface area (Å²) in [7, 11) is 0. The topological polar surface area (TPSA) is 102 Å². The number of carbonyl (C=O) groups is 3. The van der Waals surface area contributed by atoms with Crippen LogP contribution >= 0.6 is 0 Å². The molecule has 0 spiro atoms. The number of aliphatic hydroxyl groups excluding tert-OH is 1. The monoisotopic (exact) mass is 247 g/mol. The van der Waals surface area contributed by atoms with Gasteiger partial charge in [-0.3, -0.25) is 14.4 Å². The molecule has 0 bridgehead atoms. The van der Waals surface area contributed by atoms with Crippen LogP contribution < -0.4 is 0 Å². The Morgan fingerprint density at radius 2 is 1.82 bits per heavy atom. The van der Waals surface area contributed by atoms with Gasteiger partial charge in [0.25, 0.3) is 11.8 Å². The third-order valence-electron chi connectivity index (χ3n) is 1.85. The Labute approximate surface area is 97.0 Å². The fourth-order valence-electron chi connectivity index (χ4n) is 1.11. The Kier molecular flexibility index (Phi) is 5.37. The fraction of sp³-hybridized carbons (Fsp3) is 0.667. The van der Waals surface area contributed by atoms with E-state index in [-0.39, 0.29) is 39.3 Å². The van der Waals surface area contributed by atoms with Crippen molar-refractivity contribution >= 4 is 18.0 Å². The van der Waals surface area contributed by atoms with E-state index in [2.05, 4.69) is 9.57 Å². The lowest BCUT2D eigenvalue weighted by molar-refractivity contribution is -0.177. The lowest BCUT2D eigenvalue weighted by Crippen LogP contribution is -2.32. The lowest BCUT2D eigenvalue weighted by atomic mass is 10.4. The van der Waals surface area contributed by atoms with E-state index in [1.807, 2.05) is 0 Å². The number of hydrogen-bond donors (Lipinski definition) is 1. The van der Waals surface area contributed by atoms with E-state index in [9.17, 15) is 14.4 Å². The minimum Gasteiger partial charge on any atom is -0.430 e. The smallest absolute Gasteiger partial charge is 0.430 e. The molecular formula is C9H13NO7. The normalized spacial score (nSPS) is 15.2. The zero-order valence-electron chi connectivity index (χ0n) is 9.09. The lowest BCUT2D eigenvalue weighted by Gasteiger charge is -2.12. The van der Waals surface area contributed by atoms with Crippen molar-refractivity contribution in [1.82, 2.24) is 5.06 Å². The molecule has 0 unspecified atom stereocenters. The number of amides is 2. The van der Waals surface area contributed by atoms with E-state index in [1.54, 1.807) is 0 Å². The molecule has 2 amide bonds. The van der Waals surface area contributed by atoms with Crippen molar-refractivity contribution < 1.29 is 33.8 Å². The van der Waals surface area contributed by atoms with Gasteiger partial charge in [-0.2, -0.15) is 0 Å². The van der Waals surface area contributed by atoms with Crippen LogP contribution in [-0.4, -0.2) is 54.6 Å². The molecule has 0 aromatic rings. The van der Waals surface area contributed by atoms with E-state index in [1.165, 1.54) is 0 Å². The first kappa shape index (κ1) is 13.4. The summed E-state index contributed by atoms with van der Waals surface area (Å²) in [4.78, 5) is 37.5. The van der Waals surface area contributed by atoms with Crippen molar-refractivity contribution in [2.24, 2.45) is 0 Å². The molecule has 1 rings (SSSR count). The molecule has 1 fully saturated rings. The third kappa shape index (κ3) is 4.37. The zero-order valence-corrected chi connectivity index (χ0v) is 9.09. The van der Waals surface area contributed by atoms with Crippen LogP contribution in [0.4, 0.5) is 4.79 Å². The van der Waals surface area contributed by atoms with Gasteiger partial charge >= 0.3 is 6.16 Å². The average molecular weight is 247 g/mol. The van der Waals surface area contributed by atoms with Crippen LogP contribution in [0, 0.1) is 0 Å². The SMILES string of the molecule is O=C(OCCOCCO)ON1C(=O)CCC1=O. The maximum atomic E-state index is 11.1. The Bertz CT molecular complexity index is 288. The van der Waals surface area contributed by atoms with E-state index in [4.69, 9.17) is 9.84 Å². The van der Waals surface area contributed by atoms with Crippen LogP contribution in [0.1, 0.15) is 12.8 Å². The summed E-state index contributed by atoms with van der Waals surface area (Å²) in [6, 6.07) is 0. The van der Waals surface area contributed by atoms with Gasteiger partial charge in [0, 0.05) is 12.8 Å². The van der Waals surface area contributed by atoms with Crippen molar-refractivity contribution in [2.75, 3.05) is 26.4 Å². The number of imide groups is 1. The number of carbonyl (C=O) groups excluding carboxylic acids is 3. The molecule has 0 saturated carbocycles. The Hall–Kier alpha value is -1.67. The molecule has 8 heteroatoms. The van der Waals surface area contributed by atoms with Gasteiger partial charge in [0.2, 0.25) is 0 Å². The first-order valence-electron chi connectivity index (χ1n) is 5.04. The van der Waals surface area contributed by atoms with Crippen molar-refractivity contribution in [3.63, 3.8) is 0 Å². The molecule has 1 saturated heterocycles. The molecule has 1 N–H and O–H groups in total. The second kappa shape index (κ2) is 6.81. The molecule has 0 aliphatic carbocycles. The van der Waals surface area contributed by atoms with E-state index >= 15 is 0 Å². The number of hydroxylamine groups is 2. The van der Waals surface area contributed by atoms with Gasteiger partial charge in [-0.1, -0.05) is 5.06 Å². The molecule has 96 valence electrons. The molecule has 17 heavy (non-hydrogen) atoms. The fourth-order valence-corrected chi connectivity index (χ4v) is 1.11. The largest absolute Gasteiger partial charge is 0.534 e. The summed E-state index contributed by atoms with van der Waals surface area (Å²) in [6.45, 7) is 0.0232. The highest BCUT2D eigenvalue weighted by atomic mass is 16.8. The van der Waals surface area contributed by atoms with Crippen LogP contribution in [0.25, 0.3) is 0 Å². The van der Waals surface area contributed by atoms with Crippen LogP contribution in [-0.2, 0) is 23.9 Å². The summed E-state index contributed by atoms with van der Waals surface area (Å²) in [5.41, 5.74) is 0. The van der Waals surface area contributed by atoms with Gasteiger partial charge in [0.15, 0.2) is 0 Å². The highest BCUT2D eigenvalue weighted by Crippen LogP contribution is 2.12. The van der Waals surface area contributed by atoms with Gasteiger partial charge in [0.05, 0.1) is 19.8 Å². The summed E-state index contributed by atoms with van der Waals surface area (Å²) < 4.78 is 9.35. The van der Waals surface area contributed by atoms with Gasteiger partial charge in [-0.25, -0.2) is 4.79 Å². The highest BCUT2D eigenvalue weighted by Gasteiger charge is 2.33. The zero-order chi connectivity index (χ0) is 12.7. The van der Waals surface area contributed by atoms with Crippen LogP contribution in [0.2, 0.25) is 0 Å².